The fourth-order valence-electron chi connectivity index (χ4n) is 2.28. The first kappa shape index (κ1) is 14.0. The summed E-state index contributed by atoms with van der Waals surface area (Å²) in [6, 6.07) is 11.8. The monoisotopic (exact) mass is 346 g/mol. The lowest BCUT2D eigenvalue weighted by atomic mass is 10.0. The number of carbonyl (C=O) groups is 1. The summed E-state index contributed by atoms with van der Waals surface area (Å²) in [5.74, 6) is -0.0928. The molecule has 2 nitrogen and oxygen atoms in total. The molecule has 2 aromatic carbocycles. The molecule has 21 heavy (non-hydrogen) atoms. The number of halogens is 2. The summed E-state index contributed by atoms with van der Waals surface area (Å²) in [5, 5.41) is 0.878. The highest BCUT2D eigenvalue weighted by Gasteiger charge is 2.15. The third kappa shape index (κ3) is 2.76. The van der Waals surface area contributed by atoms with Crippen LogP contribution in [0.2, 0.25) is 0 Å². The Balaban J connectivity index is 1.92. The summed E-state index contributed by atoms with van der Waals surface area (Å²) in [6.45, 7) is 1.79. The van der Waals surface area contributed by atoms with Crippen molar-refractivity contribution < 1.29 is 13.6 Å². The summed E-state index contributed by atoms with van der Waals surface area (Å²) < 4.78 is 19.5. The average Bonchev–Trinajstić information content (AvgIpc) is 2.87. The largest absolute Gasteiger partial charge is 0.452 e. The average molecular weight is 347 g/mol. The Bertz CT molecular complexity index is 836. The summed E-state index contributed by atoms with van der Waals surface area (Å²) in [6.07, 6.45) is 0.198. The van der Waals surface area contributed by atoms with E-state index in [1.807, 2.05) is 18.2 Å². The molecule has 1 aromatic heterocycles. The lowest BCUT2D eigenvalue weighted by molar-refractivity contribution is 0.0968. The molecular weight excluding hydrogens is 335 g/mol. The van der Waals surface area contributed by atoms with Crippen LogP contribution < -0.4 is 0 Å². The van der Waals surface area contributed by atoms with Crippen molar-refractivity contribution >= 4 is 32.7 Å². The first-order valence-electron chi connectivity index (χ1n) is 6.51. The van der Waals surface area contributed by atoms with Crippen LogP contribution in [0.3, 0.4) is 0 Å². The maximum atomic E-state index is 13.1. The van der Waals surface area contributed by atoms with Gasteiger partial charge in [-0.1, -0.05) is 18.2 Å². The molecule has 0 fully saturated rings. The lowest BCUT2D eigenvalue weighted by Gasteiger charge is -2.03. The van der Waals surface area contributed by atoms with Gasteiger partial charge in [0.2, 0.25) is 5.78 Å². The van der Waals surface area contributed by atoms with E-state index in [-0.39, 0.29) is 18.0 Å². The molecule has 0 bridgehead atoms. The Morgan fingerprint density at radius 1 is 1.24 bits per heavy atom. The summed E-state index contributed by atoms with van der Waals surface area (Å²) in [7, 11) is 0. The van der Waals surface area contributed by atoms with Crippen molar-refractivity contribution in [1.82, 2.24) is 0 Å². The molecule has 0 aliphatic rings. The second kappa shape index (κ2) is 5.45. The molecule has 0 saturated carbocycles. The number of ketones is 1. The van der Waals surface area contributed by atoms with Crippen molar-refractivity contribution in [3.8, 4) is 0 Å². The van der Waals surface area contributed by atoms with Gasteiger partial charge in [0.05, 0.1) is 4.47 Å². The van der Waals surface area contributed by atoms with Gasteiger partial charge in [0, 0.05) is 11.8 Å². The highest BCUT2D eigenvalue weighted by atomic mass is 79.9. The minimum absolute atomic E-state index is 0.118. The Kier molecular flexibility index (Phi) is 3.64. The number of furan rings is 1. The van der Waals surface area contributed by atoms with Crippen LogP contribution in [0.5, 0.6) is 0 Å². The van der Waals surface area contributed by atoms with Crippen molar-refractivity contribution in [2.45, 2.75) is 13.3 Å². The molecule has 0 spiro atoms. The smallest absolute Gasteiger partial charge is 0.202 e. The van der Waals surface area contributed by atoms with Gasteiger partial charge in [0.1, 0.15) is 11.4 Å². The standard InChI is InChI=1S/C17H12BrFO2/c1-10-7-13(19)6-5-11(10)8-15(20)16-9-12-3-2-4-14(18)17(12)21-16/h2-7,9H,8H2,1H3. The topological polar surface area (TPSA) is 30.2 Å². The van der Waals surface area contributed by atoms with E-state index in [0.29, 0.717) is 11.3 Å². The van der Waals surface area contributed by atoms with E-state index in [0.717, 1.165) is 21.0 Å². The first-order valence-corrected chi connectivity index (χ1v) is 7.30. The summed E-state index contributed by atoms with van der Waals surface area (Å²) in [4.78, 5) is 12.3. The maximum absolute atomic E-state index is 13.1. The van der Waals surface area contributed by atoms with Crippen LogP contribution in [0.25, 0.3) is 11.0 Å². The van der Waals surface area contributed by atoms with Gasteiger partial charge in [0.25, 0.3) is 0 Å². The molecule has 4 heteroatoms. The molecule has 106 valence electrons. The molecule has 0 unspecified atom stereocenters. The summed E-state index contributed by atoms with van der Waals surface area (Å²) >= 11 is 3.40. The second-order valence-corrected chi connectivity index (χ2v) is 5.79. The van der Waals surface area contributed by atoms with E-state index in [1.165, 1.54) is 12.1 Å². The zero-order valence-electron chi connectivity index (χ0n) is 11.3. The number of hydrogen-bond donors (Lipinski definition) is 0. The van der Waals surface area contributed by atoms with Gasteiger partial charge >= 0.3 is 0 Å². The Labute approximate surface area is 129 Å². The lowest BCUT2D eigenvalue weighted by Crippen LogP contribution is -2.03. The minimum atomic E-state index is -0.295. The summed E-state index contributed by atoms with van der Waals surface area (Å²) in [5.41, 5.74) is 2.23. The SMILES string of the molecule is Cc1cc(F)ccc1CC(=O)c1cc2cccc(Br)c2o1. The van der Waals surface area contributed by atoms with Crippen LogP contribution in [-0.4, -0.2) is 5.78 Å². The van der Waals surface area contributed by atoms with Gasteiger partial charge in [-0.2, -0.15) is 0 Å². The highest BCUT2D eigenvalue weighted by molar-refractivity contribution is 9.10. The maximum Gasteiger partial charge on any atom is 0.202 e. The van der Waals surface area contributed by atoms with Gasteiger partial charge in [-0.25, -0.2) is 4.39 Å². The van der Waals surface area contributed by atoms with E-state index in [2.05, 4.69) is 15.9 Å². The van der Waals surface area contributed by atoms with E-state index in [1.54, 1.807) is 19.1 Å². The Morgan fingerprint density at radius 3 is 2.76 bits per heavy atom. The van der Waals surface area contributed by atoms with Crippen LogP contribution >= 0.6 is 15.9 Å². The highest BCUT2D eigenvalue weighted by Crippen LogP contribution is 2.27. The van der Waals surface area contributed by atoms with Crippen molar-refractivity contribution in [2.24, 2.45) is 0 Å². The first-order chi connectivity index (χ1) is 10.0. The van der Waals surface area contributed by atoms with E-state index in [4.69, 9.17) is 4.42 Å². The number of aryl methyl sites for hydroxylation is 1. The molecule has 0 aliphatic carbocycles. The Morgan fingerprint density at radius 2 is 2.05 bits per heavy atom. The van der Waals surface area contributed by atoms with Crippen LogP contribution in [-0.2, 0) is 6.42 Å². The number of hydrogen-bond acceptors (Lipinski definition) is 2. The minimum Gasteiger partial charge on any atom is -0.452 e. The fourth-order valence-corrected chi connectivity index (χ4v) is 2.75. The quantitative estimate of drug-likeness (QED) is 0.620. The van der Waals surface area contributed by atoms with E-state index >= 15 is 0 Å². The molecule has 3 rings (SSSR count). The van der Waals surface area contributed by atoms with Crippen molar-refractivity contribution in [3.63, 3.8) is 0 Å². The zero-order valence-corrected chi connectivity index (χ0v) is 12.9. The number of fused-ring (bicyclic) bond motifs is 1. The Hall–Kier alpha value is -1.94. The van der Waals surface area contributed by atoms with Crippen LogP contribution in [0, 0.1) is 12.7 Å². The fraction of sp³-hybridized carbons (Fsp3) is 0.118. The molecule has 0 saturated heterocycles. The van der Waals surface area contributed by atoms with Crippen LogP contribution in [0.15, 0.2) is 51.4 Å². The molecule has 0 N–H and O–H groups in total. The predicted octanol–water partition coefficient (Wildman–Crippen LogP) is 5.07. The van der Waals surface area contributed by atoms with Gasteiger partial charge in [-0.3, -0.25) is 4.79 Å². The second-order valence-electron chi connectivity index (χ2n) is 4.94. The van der Waals surface area contributed by atoms with Crippen molar-refractivity contribution in [2.75, 3.05) is 0 Å². The van der Waals surface area contributed by atoms with Crippen LogP contribution in [0.4, 0.5) is 4.39 Å². The van der Waals surface area contributed by atoms with Crippen molar-refractivity contribution in [3.05, 3.63) is 69.6 Å². The van der Waals surface area contributed by atoms with Crippen LogP contribution in [0.1, 0.15) is 21.7 Å². The third-order valence-corrected chi connectivity index (χ3v) is 4.05. The number of rotatable bonds is 3. The number of Topliss-reactive ketones (excluding diaryl/α,β-unsaturated/α-hetero) is 1. The number of para-hydroxylation sites is 1. The normalized spacial score (nSPS) is 11.0. The van der Waals surface area contributed by atoms with Gasteiger partial charge in [-0.05, 0) is 58.2 Å². The molecule has 0 aliphatic heterocycles. The van der Waals surface area contributed by atoms with E-state index < -0.39 is 0 Å². The van der Waals surface area contributed by atoms with Gasteiger partial charge < -0.3 is 4.42 Å². The molecule has 0 amide bonds. The van der Waals surface area contributed by atoms with Gasteiger partial charge in [0.15, 0.2) is 5.76 Å². The molecule has 0 atom stereocenters. The molecule has 1 heterocycles. The van der Waals surface area contributed by atoms with Crippen molar-refractivity contribution in [1.29, 1.82) is 0 Å². The zero-order chi connectivity index (χ0) is 15.0. The molecular formula is C17H12BrFO2. The third-order valence-electron chi connectivity index (χ3n) is 3.43. The number of carbonyl (C=O) groups excluding carboxylic acids is 1. The molecule has 3 aromatic rings. The number of benzene rings is 2. The van der Waals surface area contributed by atoms with E-state index in [9.17, 15) is 9.18 Å². The predicted molar refractivity (Wildman–Crippen MR) is 83.1 cm³/mol. The molecule has 0 radical (unpaired) electrons. The van der Waals surface area contributed by atoms with Gasteiger partial charge in [-0.15, -0.1) is 0 Å².